The van der Waals surface area contributed by atoms with Gasteiger partial charge in [-0.1, -0.05) is 12.1 Å². The predicted octanol–water partition coefficient (Wildman–Crippen LogP) is 2.18. The molecule has 0 bridgehead atoms. The molecule has 3 N–H and O–H groups in total. The molecule has 0 aliphatic carbocycles. The Hall–Kier alpha value is -2.10. The summed E-state index contributed by atoms with van der Waals surface area (Å²) in [5, 5.41) is 31.7. The zero-order chi connectivity index (χ0) is 17.6. The topological polar surface area (TPSA) is 103 Å². The molecule has 0 spiro atoms. The van der Waals surface area contributed by atoms with Gasteiger partial charge in [-0.15, -0.1) is 0 Å². The zero-order valence-corrected chi connectivity index (χ0v) is 14.0. The molecule has 0 saturated carbocycles. The Morgan fingerprint density at radius 3 is 2.61 bits per heavy atom. The van der Waals surface area contributed by atoms with Crippen molar-refractivity contribution in [2.24, 2.45) is 0 Å². The van der Waals surface area contributed by atoms with Crippen LogP contribution in [-0.2, 0) is 4.74 Å². The second-order valence-corrected chi connectivity index (χ2v) is 6.42. The molecular formula is C17H24N2O4. The van der Waals surface area contributed by atoms with Gasteiger partial charge >= 0.3 is 6.09 Å². The Morgan fingerprint density at radius 1 is 1.39 bits per heavy atom. The quantitative estimate of drug-likeness (QED) is 0.771. The molecule has 0 aliphatic rings. The van der Waals surface area contributed by atoms with Crippen LogP contribution in [0.1, 0.15) is 50.0 Å². The van der Waals surface area contributed by atoms with E-state index in [9.17, 15) is 15.0 Å². The number of aliphatic hydroxyl groups is 2. The molecule has 0 aliphatic heterocycles. The number of carbonyl (C=O) groups is 1. The fourth-order valence-corrected chi connectivity index (χ4v) is 1.96. The molecule has 0 aromatic heterocycles. The van der Waals surface area contributed by atoms with Crippen molar-refractivity contribution in [1.29, 1.82) is 5.26 Å². The van der Waals surface area contributed by atoms with Crippen LogP contribution in [0.15, 0.2) is 18.2 Å². The summed E-state index contributed by atoms with van der Waals surface area (Å²) < 4.78 is 5.08. The molecule has 1 rings (SSSR count). The fraction of sp³-hybridized carbons (Fsp3) is 0.529. The molecule has 1 aromatic carbocycles. The Bertz CT molecular complexity index is 587. The summed E-state index contributed by atoms with van der Waals surface area (Å²) in [6.07, 6.45) is -2.58. The van der Waals surface area contributed by atoms with Crippen molar-refractivity contribution in [2.75, 3.05) is 6.54 Å². The van der Waals surface area contributed by atoms with Crippen molar-refractivity contribution in [3.8, 4) is 6.07 Å². The lowest BCUT2D eigenvalue weighted by Crippen LogP contribution is -2.34. The normalized spacial score (nSPS) is 13.8. The van der Waals surface area contributed by atoms with Gasteiger partial charge in [0.2, 0.25) is 0 Å². The van der Waals surface area contributed by atoms with Crippen LogP contribution in [0, 0.1) is 18.3 Å². The second-order valence-electron chi connectivity index (χ2n) is 6.42. The minimum Gasteiger partial charge on any atom is -0.444 e. The van der Waals surface area contributed by atoms with Crippen LogP contribution in [0.4, 0.5) is 4.79 Å². The lowest BCUT2D eigenvalue weighted by Gasteiger charge is -2.21. The summed E-state index contributed by atoms with van der Waals surface area (Å²) in [4.78, 5) is 11.5. The van der Waals surface area contributed by atoms with Crippen molar-refractivity contribution < 1.29 is 19.7 Å². The van der Waals surface area contributed by atoms with Gasteiger partial charge < -0.3 is 20.3 Å². The van der Waals surface area contributed by atoms with Gasteiger partial charge in [0, 0.05) is 6.54 Å². The number of alkyl carbamates (subject to hydrolysis) is 1. The number of benzene rings is 1. The van der Waals surface area contributed by atoms with Gasteiger partial charge in [-0.05, 0) is 51.3 Å². The SMILES string of the molecule is Cc1ccc(C(O)C(O)CCNC(=O)OC(C)(C)C)cc1C#N. The number of aliphatic hydroxyl groups excluding tert-OH is 2. The van der Waals surface area contributed by atoms with Gasteiger partial charge in [-0.2, -0.15) is 5.26 Å². The van der Waals surface area contributed by atoms with Crippen molar-refractivity contribution in [3.63, 3.8) is 0 Å². The van der Waals surface area contributed by atoms with E-state index in [1.807, 2.05) is 6.07 Å². The maximum Gasteiger partial charge on any atom is 0.407 e. The van der Waals surface area contributed by atoms with Crippen LogP contribution < -0.4 is 5.32 Å². The number of carbonyl (C=O) groups excluding carboxylic acids is 1. The molecule has 0 fully saturated rings. The van der Waals surface area contributed by atoms with Gasteiger partial charge in [-0.3, -0.25) is 0 Å². The lowest BCUT2D eigenvalue weighted by molar-refractivity contribution is 0.0123. The molecule has 126 valence electrons. The average Bonchev–Trinajstić information content (AvgIpc) is 2.45. The Kier molecular flexibility index (Phi) is 6.55. The standard InChI is InChI=1S/C17H24N2O4/c1-11-5-6-12(9-13(11)10-18)15(21)14(20)7-8-19-16(22)23-17(2,3)4/h5-6,9,14-15,20-21H,7-8H2,1-4H3,(H,19,22). The molecule has 6 heteroatoms. The molecule has 0 saturated heterocycles. The number of aryl methyl sites for hydroxylation is 1. The zero-order valence-electron chi connectivity index (χ0n) is 14.0. The number of ether oxygens (including phenoxy) is 1. The number of hydrogen-bond acceptors (Lipinski definition) is 5. The van der Waals surface area contributed by atoms with Gasteiger partial charge in [0.15, 0.2) is 0 Å². The van der Waals surface area contributed by atoms with E-state index in [0.29, 0.717) is 11.1 Å². The Balaban J connectivity index is 2.53. The van der Waals surface area contributed by atoms with E-state index in [-0.39, 0.29) is 13.0 Å². The van der Waals surface area contributed by atoms with Gasteiger partial charge in [0.1, 0.15) is 11.7 Å². The molecule has 1 aromatic rings. The summed E-state index contributed by atoms with van der Waals surface area (Å²) in [5.74, 6) is 0. The van der Waals surface area contributed by atoms with E-state index in [1.165, 1.54) is 0 Å². The van der Waals surface area contributed by atoms with Crippen molar-refractivity contribution in [2.45, 2.75) is 51.9 Å². The van der Waals surface area contributed by atoms with Gasteiger partial charge in [0.05, 0.1) is 17.7 Å². The van der Waals surface area contributed by atoms with Crippen molar-refractivity contribution in [3.05, 3.63) is 34.9 Å². The maximum atomic E-state index is 11.5. The highest BCUT2D eigenvalue weighted by Gasteiger charge is 2.20. The van der Waals surface area contributed by atoms with E-state index in [0.717, 1.165) is 5.56 Å². The highest BCUT2D eigenvalue weighted by molar-refractivity contribution is 5.67. The van der Waals surface area contributed by atoms with Crippen molar-refractivity contribution in [1.82, 2.24) is 5.32 Å². The third-order valence-corrected chi connectivity index (χ3v) is 3.20. The van der Waals surface area contributed by atoms with E-state index in [4.69, 9.17) is 10.00 Å². The maximum absolute atomic E-state index is 11.5. The number of hydrogen-bond donors (Lipinski definition) is 3. The van der Waals surface area contributed by atoms with Crippen LogP contribution in [0.2, 0.25) is 0 Å². The Labute approximate surface area is 136 Å². The Morgan fingerprint density at radius 2 is 2.04 bits per heavy atom. The number of nitrogens with one attached hydrogen (secondary N) is 1. The minimum absolute atomic E-state index is 0.163. The van der Waals surface area contributed by atoms with Crippen molar-refractivity contribution >= 4 is 6.09 Å². The largest absolute Gasteiger partial charge is 0.444 e. The van der Waals surface area contributed by atoms with E-state index in [2.05, 4.69) is 5.32 Å². The first-order valence-corrected chi connectivity index (χ1v) is 7.47. The number of nitrogens with zero attached hydrogens (tertiary/aromatic N) is 1. The summed E-state index contributed by atoms with van der Waals surface area (Å²) in [7, 11) is 0. The van der Waals surface area contributed by atoms with Crippen LogP contribution in [-0.4, -0.2) is 34.6 Å². The van der Waals surface area contributed by atoms with Crippen LogP contribution in [0.25, 0.3) is 0 Å². The third-order valence-electron chi connectivity index (χ3n) is 3.20. The molecule has 2 atom stereocenters. The van der Waals surface area contributed by atoms with Crippen LogP contribution >= 0.6 is 0 Å². The van der Waals surface area contributed by atoms with E-state index >= 15 is 0 Å². The first-order chi connectivity index (χ1) is 10.6. The molecule has 0 heterocycles. The third kappa shape index (κ3) is 6.27. The van der Waals surface area contributed by atoms with Gasteiger partial charge in [0.25, 0.3) is 0 Å². The molecule has 2 unspecified atom stereocenters. The molecule has 6 nitrogen and oxygen atoms in total. The summed E-state index contributed by atoms with van der Waals surface area (Å²) in [6, 6.07) is 7.00. The number of rotatable bonds is 5. The lowest BCUT2D eigenvalue weighted by atomic mass is 9.98. The van der Waals surface area contributed by atoms with Crippen LogP contribution in [0.5, 0.6) is 0 Å². The number of amides is 1. The first-order valence-electron chi connectivity index (χ1n) is 7.47. The average molecular weight is 320 g/mol. The van der Waals surface area contributed by atoms with E-state index in [1.54, 1.807) is 45.9 Å². The summed E-state index contributed by atoms with van der Waals surface area (Å²) in [5.41, 5.74) is 1.15. The minimum atomic E-state index is -1.12. The molecule has 23 heavy (non-hydrogen) atoms. The molecule has 0 radical (unpaired) electrons. The highest BCUT2D eigenvalue weighted by atomic mass is 16.6. The summed E-state index contributed by atoms with van der Waals surface area (Å²) in [6.45, 7) is 7.25. The fourth-order valence-electron chi connectivity index (χ4n) is 1.96. The predicted molar refractivity (Wildman–Crippen MR) is 85.7 cm³/mol. The van der Waals surface area contributed by atoms with Gasteiger partial charge in [-0.25, -0.2) is 4.79 Å². The summed E-state index contributed by atoms with van der Waals surface area (Å²) >= 11 is 0. The molecular weight excluding hydrogens is 296 g/mol. The highest BCUT2D eigenvalue weighted by Crippen LogP contribution is 2.21. The smallest absolute Gasteiger partial charge is 0.407 e. The molecule has 1 amide bonds. The number of nitriles is 1. The van der Waals surface area contributed by atoms with E-state index < -0.39 is 23.9 Å². The van der Waals surface area contributed by atoms with Crippen LogP contribution in [0.3, 0.4) is 0 Å². The second kappa shape index (κ2) is 7.95. The first kappa shape index (κ1) is 18.9. The monoisotopic (exact) mass is 320 g/mol.